The molecule has 21 heavy (non-hydrogen) atoms. The number of tetrazole rings is 1. The van der Waals surface area contributed by atoms with Crippen molar-refractivity contribution in [3.8, 4) is 11.3 Å². The van der Waals surface area contributed by atoms with Gasteiger partial charge in [-0.05, 0) is 43.0 Å². The molecule has 0 saturated heterocycles. The van der Waals surface area contributed by atoms with Crippen LogP contribution in [0.2, 0.25) is 0 Å². The second-order valence-electron chi connectivity index (χ2n) is 5.51. The number of hydrogen-bond donors (Lipinski definition) is 0. The predicted molar refractivity (Wildman–Crippen MR) is 84.5 cm³/mol. The minimum atomic E-state index is -0.147. The molecule has 7 heteroatoms. The van der Waals surface area contributed by atoms with Crippen LogP contribution in [0.4, 0.5) is 0 Å². The van der Waals surface area contributed by atoms with Gasteiger partial charge in [-0.15, -0.1) is 16.4 Å². The fourth-order valence-corrected chi connectivity index (χ4v) is 3.67. The normalized spacial score (nSPS) is 11.8. The summed E-state index contributed by atoms with van der Waals surface area (Å²) < 4.78 is 2.76. The summed E-state index contributed by atoms with van der Waals surface area (Å²) >= 11 is 3.10. The highest BCUT2D eigenvalue weighted by Crippen LogP contribution is 2.33. The molecule has 108 valence electrons. The fraction of sp³-hybridized carbons (Fsp3) is 0.286. The zero-order chi connectivity index (χ0) is 14.9. The predicted octanol–water partition coefficient (Wildman–Crippen LogP) is 3.70. The lowest BCUT2D eigenvalue weighted by Gasteiger charge is -2.18. The molecule has 2 aromatic heterocycles. The van der Waals surface area contributed by atoms with Gasteiger partial charge in [0.15, 0.2) is 4.34 Å². The molecule has 0 saturated carbocycles. The molecule has 3 rings (SSSR count). The summed E-state index contributed by atoms with van der Waals surface area (Å²) in [4.78, 5) is 4.65. The Morgan fingerprint density at radius 1 is 1.14 bits per heavy atom. The molecule has 0 unspecified atom stereocenters. The smallest absolute Gasteiger partial charge is 0.216 e. The summed E-state index contributed by atoms with van der Waals surface area (Å²) in [5.41, 5.74) is 1.96. The van der Waals surface area contributed by atoms with Crippen LogP contribution in [0.3, 0.4) is 0 Å². The van der Waals surface area contributed by atoms with Gasteiger partial charge in [-0.3, -0.25) is 0 Å². The molecule has 0 spiro atoms. The summed E-state index contributed by atoms with van der Waals surface area (Å²) in [6.07, 6.45) is 0. The molecular weight excluding hydrogens is 302 g/mol. The molecule has 0 N–H and O–H groups in total. The second kappa shape index (κ2) is 5.57. The van der Waals surface area contributed by atoms with Crippen LogP contribution in [0.5, 0.6) is 0 Å². The summed E-state index contributed by atoms with van der Waals surface area (Å²) in [7, 11) is 0. The summed E-state index contributed by atoms with van der Waals surface area (Å²) in [6.45, 7) is 6.22. The number of thiazole rings is 1. The Labute approximate surface area is 131 Å². The molecule has 3 aromatic rings. The molecule has 0 aliphatic rings. The van der Waals surface area contributed by atoms with E-state index in [1.54, 1.807) is 11.3 Å². The number of rotatable bonds is 3. The number of benzene rings is 1. The Hall–Kier alpha value is -1.73. The zero-order valence-electron chi connectivity index (χ0n) is 12.0. The van der Waals surface area contributed by atoms with Gasteiger partial charge >= 0.3 is 0 Å². The number of aromatic nitrogens is 5. The van der Waals surface area contributed by atoms with E-state index >= 15 is 0 Å². The minimum Gasteiger partial charge on any atom is -0.229 e. The van der Waals surface area contributed by atoms with E-state index < -0.39 is 0 Å². The van der Waals surface area contributed by atoms with E-state index in [-0.39, 0.29) is 5.54 Å². The standard InChI is InChI=1S/C14H15N5S2/c1-14(2,3)19-12(16-17-18-19)21-13-15-11(9-20-13)10-7-5-4-6-8-10/h4-9H,1-3H3. The molecule has 0 aliphatic heterocycles. The summed E-state index contributed by atoms with van der Waals surface area (Å²) in [5.74, 6) is 0. The lowest BCUT2D eigenvalue weighted by atomic mass is 10.1. The van der Waals surface area contributed by atoms with Crippen molar-refractivity contribution in [2.45, 2.75) is 35.8 Å². The van der Waals surface area contributed by atoms with Gasteiger partial charge < -0.3 is 0 Å². The monoisotopic (exact) mass is 317 g/mol. The zero-order valence-corrected chi connectivity index (χ0v) is 13.6. The van der Waals surface area contributed by atoms with Gasteiger partial charge in [0.1, 0.15) is 0 Å². The molecular formula is C14H15N5S2. The lowest BCUT2D eigenvalue weighted by Crippen LogP contribution is -2.24. The quantitative estimate of drug-likeness (QED) is 0.737. The molecule has 0 fully saturated rings. The van der Waals surface area contributed by atoms with Crippen LogP contribution in [0, 0.1) is 0 Å². The van der Waals surface area contributed by atoms with Crippen LogP contribution in [-0.2, 0) is 5.54 Å². The summed E-state index contributed by atoms with van der Waals surface area (Å²) in [5, 5.41) is 14.7. The topological polar surface area (TPSA) is 56.5 Å². The van der Waals surface area contributed by atoms with Crippen molar-refractivity contribution in [1.82, 2.24) is 25.2 Å². The Kier molecular flexibility index (Phi) is 3.77. The third-order valence-electron chi connectivity index (χ3n) is 2.81. The third-order valence-corrected chi connectivity index (χ3v) is 4.68. The van der Waals surface area contributed by atoms with E-state index in [4.69, 9.17) is 0 Å². The highest BCUT2D eigenvalue weighted by Gasteiger charge is 2.21. The van der Waals surface area contributed by atoms with E-state index in [0.717, 1.165) is 20.8 Å². The van der Waals surface area contributed by atoms with Crippen molar-refractivity contribution in [2.24, 2.45) is 0 Å². The molecule has 0 bridgehead atoms. The molecule has 0 aliphatic carbocycles. The van der Waals surface area contributed by atoms with Crippen LogP contribution < -0.4 is 0 Å². The van der Waals surface area contributed by atoms with Crippen molar-refractivity contribution in [2.75, 3.05) is 0 Å². The first-order valence-corrected chi connectivity index (χ1v) is 8.21. The van der Waals surface area contributed by atoms with Gasteiger partial charge in [-0.2, -0.15) is 0 Å². The van der Waals surface area contributed by atoms with Gasteiger partial charge in [0.2, 0.25) is 5.16 Å². The minimum absolute atomic E-state index is 0.147. The van der Waals surface area contributed by atoms with Gasteiger partial charge in [0.05, 0.1) is 11.2 Å². The van der Waals surface area contributed by atoms with Gasteiger partial charge in [0, 0.05) is 10.9 Å². The maximum absolute atomic E-state index is 4.65. The molecule has 0 atom stereocenters. The highest BCUT2D eigenvalue weighted by molar-refractivity contribution is 8.00. The fourth-order valence-electron chi connectivity index (χ4n) is 1.79. The molecule has 0 amide bonds. The lowest BCUT2D eigenvalue weighted by molar-refractivity contribution is 0.321. The number of hydrogen-bond acceptors (Lipinski definition) is 6. The molecule has 2 heterocycles. The van der Waals surface area contributed by atoms with Crippen LogP contribution >= 0.6 is 23.1 Å². The van der Waals surface area contributed by atoms with Crippen LogP contribution in [0.1, 0.15) is 20.8 Å². The number of nitrogens with zero attached hydrogens (tertiary/aromatic N) is 5. The first-order chi connectivity index (χ1) is 10.0. The van der Waals surface area contributed by atoms with Gasteiger partial charge in [0.25, 0.3) is 0 Å². The van der Waals surface area contributed by atoms with Gasteiger partial charge in [-0.1, -0.05) is 30.3 Å². The third kappa shape index (κ3) is 3.14. The van der Waals surface area contributed by atoms with E-state index in [0.29, 0.717) is 0 Å². The Bertz CT molecular complexity index is 727. The Morgan fingerprint density at radius 3 is 2.62 bits per heavy atom. The van der Waals surface area contributed by atoms with E-state index in [2.05, 4.69) is 58.8 Å². The largest absolute Gasteiger partial charge is 0.229 e. The molecule has 1 aromatic carbocycles. The SMILES string of the molecule is CC(C)(C)n1nnnc1Sc1nc(-c2ccccc2)cs1. The highest BCUT2D eigenvalue weighted by atomic mass is 32.2. The average molecular weight is 317 g/mol. The maximum atomic E-state index is 4.65. The average Bonchev–Trinajstić information content (AvgIpc) is 3.09. The van der Waals surface area contributed by atoms with E-state index in [1.807, 2.05) is 22.9 Å². The van der Waals surface area contributed by atoms with Crippen LogP contribution in [-0.4, -0.2) is 25.2 Å². The van der Waals surface area contributed by atoms with E-state index in [1.165, 1.54) is 11.8 Å². The Balaban J connectivity index is 1.84. The first-order valence-electron chi connectivity index (χ1n) is 6.52. The van der Waals surface area contributed by atoms with Gasteiger partial charge in [-0.25, -0.2) is 9.67 Å². The van der Waals surface area contributed by atoms with E-state index in [9.17, 15) is 0 Å². The van der Waals surface area contributed by atoms with Crippen LogP contribution in [0.25, 0.3) is 11.3 Å². The van der Waals surface area contributed by atoms with Crippen molar-refractivity contribution < 1.29 is 0 Å². The first kappa shape index (κ1) is 14.2. The summed E-state index contributed by atoms with van der Waals surface area (Å²) in [6, 6.07) is 10.2. The molecule has 0 radical (unpaired) electrons. The van der Waals surface area contributed by atoms with Crippen molar-refractivity contribution in [1.29, 1.82) is 0 Å². The van der Waals surface area contributed by atoms with Crippen molar-refractivity contribution >= 4 is 23.1 Å². The molecule has 5 nitrogen and oxygen atoms in total. The maximum Gasteiger partial charge on any atom is 0.216 e. The van der Waals surface area contributed by atoms with Crippen molar-refractivity contribution in [3.05, 3.63) is 35.7 Å². The Morgan fingerprint density at radius 2 is 1.90 bits per heavy atom. The van der Waals surface area contributed by atoms with Crippen molar-refractivity contribution in [3.63, 3.8) is 0 Å². The second-order valence-corrected chi connectivity index (χ2v) is 7.58. The van der Waals surface area contributed by atoms with Crippen LogP contribution in [0.15, 0.2) is 45.2 Å².